The van der Waals surface area contributed by atoms with Gasteiger partial charge in [0.25, 0.3) is 0 Å². The second kappa shape index (κ2) is 9.16. The maximum atomic E-state index is 13.4. The first kappa shape index (κ1) is 21.5. The van der Waals surface area contributed by atoms with Crippen molar-refractivity contribution in [3.63, 3.8) is 0 Å². The SMILES string of the molecule is O=C(OCc1ccccc1)N1C[C@@H]2C[C@@H](F)[C@H](O)[C@@H]2C1.O[C@@H]1[C@@H]2CNC[C@@H]2C[C@H]1F. The molecule has 2 heterocycles. The number of halogens is 2. The van der Waals surface area contributed by atoms with Gasteiger partial charge in [0.1, 0.15) is 19.0 Å². The van der Waals surface area contributed by atoms with E-state index in [1.165, 1.54) is 0 Å². The summed E-state index contributed by atoms with van der Waals surface area (Å²) < 4.78 is 31.4. The number of ether oxygens (including phenoxy) is 1. The molecule has 8 heteroatoms. The maximum Gasteiger partial charge on any atom is 0.410 e. The third-order valence-corrected chi connectivity index (χ3v) is 7.02. The van der Waals surface area contributed by atoms with E-state index >= 15 is 0 Å². The Balaban J connectivity index is 0.000000181. The first-order chi connectivity index (χ1) is 14.4. The highest BCUT2D eigenvalue weighted by Crippen LogP contribution is 2.40. The molecule has 1 amide bonds. The molecule has 6 nitrogen and oxygen atoms in total. The van der Waals surface area contributed by atoms with E-state index in [9.17, 15) is 23.8 Å². The van der Waals surface area contributed by atoms with Crippen molar-refractivity contribution in [2.24, 2.45) is 23.7 Å². The van der Waals surface area contributed by atoms with Crippen molar-refractivity contribution in [3.05, 3.63) is 35.9 Å². The molecule has 0 radical (unpaired) electrons. The minimum atomic E-state index is -1.15. The average molecular weight is 424 g/mol. The summed E-state index contributed by atoms with van der Waals surface area (Å²) in [5.41, 5.74) is 0.934. The number of nitrogens with one attached hydrogen (secondary N) is 1. The van der Waals surface area contributed by atoms with Crippen molar-refractivity contribution < 1.29 is 28.5 Å². The molecule has 2 aliphatic heterocycles. The van der Waals surface area contributed by atoms with Crippen molar-refractivity contribution in [1.82, 2.24) is 10.2 Å². The van der Waals surface area contributed by atoms with E-state index in [1.54, 1.807) is 4.90 Å². The standard InChI is InChI=1S/C15H18FNO3.C7H12FNO/c16-13-6-11-7-17(8-12(11)14(13)18)15(19)20-9-10-4-2-1-3-5-10;8-6-1-4-2-9-3-5(4)7(6)10/h1-5,11-14,18H,6-9H2;4-7,9-10H,1-3H2/t11-,12+,13+,14+;4-,5+,6+,7+/m00/s1. The number of rotatable bonds is 2. The lowest BCUT2D eigenvalue weighted by atomic mass is 10.00. The van der Waals surface area contributed by atoms with E-state index in [-0.39, 0.29) is 30.5 Å². The van der Waals surface area contributed by atoms with Gasteiger partial charge in [0.2, 0.25) is 0 Å². The fourth-order valence-corrected chi connectivity index (χ4v) is 5.30. The second-order valence-corrected chi connectivity index (χ2v) is 8.94. The summed E-state index contributed by atoms with van der Waals surface area (Å²) in [5, 5.41) is 22.1. The van der Waals surface area contributed by atoms with Crippen LogP contribution in [0.1, 0.15) is 18.4 Å². The Morgan fingerprint density at radius 1 is 1.00 bits per heavy atom. The topological polar surface area (TPSA) is 82.0 Å². The fraction of sp³-hybridized carbons (Fsp3) is 0.682. The lowest BCUT2D eigenvalue weighted by Gasteiger charge is -2.19. The van der Waals surface area contributed by atoms with Gasteiger partial charge in [0.15, 0.2) is 0 Å². The summed E-state index contributed by atoms with van der Waals surface area (Å²) in [6.45, 7) is 2.80. The fourth-order valence-electron chi connectivity index (χ4n) is 5.30. The van der Waals surface area contributed by atoms with Crippen LogP contribution in [-0.4, -0.2) is 71.9 Å². The zero-order valence-corrected chi connectivity index (χ0v) is 16.9. The highest BCUT2D eigenvalue weighted by atomic mass is 19.1. The third kappa shape index (κ3) is 4.45. The summed E-state index contributed by atoms with van der Waals surface area (Å²) >= 11 is 0. The van der Waals surface area contributed by atoms with Crippen LogP contribution >= 0.6 is 0 Å². The van der Waals surface area contributed by atoms with Crippen molar-refractivity contribution in [2.45, 2.75) is 44.0 Å². The molecule has 0 unspecified atom stereocenters. The van der Waals surface area contributed by atoms with Gasteiger partial charge in [-0.25, -0.2) is 13.6 Å². The number of fused-ring (bicyclic) bond motifs is 2. The number of amides is 1. The van der Waals surface area contributed by atoms with Gasteiger partial charge in [-0.1, -0.05) is 30.3 Å². The Kier molecular flexibility index (Phi) is 6.55. The number of aliphatic hydroxyl groups excluding tert-OH is 2. The molecule has 8 atom stereocenters. The molecular weight excluding hydrogens is 394 g/mol. The Hall–Kier alpha value is -1.77. The number of likely N-dealkylation sites (tertiary alicyclic amines) is 1. The van der Waals surface area contributed by atoms with Gasteiger partial charge in [-0.05, 0) is 36.8 Å². The van der Waals surface area contributed by atoms with E-state index in [4.69, 9.17) is 4.74 Å². The normalized spacial score (nSPS) is 39.3. The minimum absolute atomic E-state index is 0.0595. The highest BCUT2D eigenvalue weighted by Gasteiger charge is 2.49. The molecule has 0 bridgehead atoms. The van der Waals surface area contributed by atoms with Gasteiger partial charge in [-0.2, -0.15) is 0 Å². The summed E-state index contributed by atoms with van der Waals surface area (Å²) in [4.78, 5) is 13.5. The summed E-state index contributed by atoms with van der Waals surface area (Å²) in [7, 11) is 0. The molecule has 166 valence electrons. The molecule has 2 saturated heterocycles. The highest BCUT2D eigenvalue weighted by molar-refractivity contribution is 5.68. The smallest absolute Gasteiger partial charge is 0.410 e. The van der Waals surface area contributed by atoms with Crippen molar-refractivity contribution in [1.29, 1.82) is 0 Å². The van der Waals surface area contributed by atoms with Crippen LogP contribution in [0, 0.1) is 23.7 Å². The molecule has 1 aromatic rings. The zero-order valence-electron chi connectivity index (χ0n) is 16.9. The number of hydrogen-bond donors (Lipinski definition) is 3. The van der Waals surface area contributed by atoms with Crippen LogP contribution in [0.2, 0.25) is 0 Å². The molecule has 0 aromatic heterocycles. The second-order valence-electron chi connectivity index (χ2n) is 8.94. The van der Waals surface area contributed by atoms with Gasteiger partial charge in [-0.3, -0.25) is 0 Å². The number of nitrogens with zero attached hydrogens (tertiary/aromatic N) is 1. The molecule has 0 spiro atoms. The van der Waals surface area contributed by atoms with Crippen molar-refractivity contribution >= 4 is 6.09 Å². The van der Waals surface area contributed by atoms with Gasteiger partial charge >= 0.3 is 6.09 Å². The predicted molar refractivity (Wildman–Crippen MR) is 106 cm³/mol. The molecule has 5 rings (SSSR count). The Morgan fingerprint density at radius 3 is 2.33 bits per heavy atom. The molecule has 2 saturated carbocycles. The number of aliphatic hydroxyl groups is 2. The summed E-state index contributed by atoms with van der Waals surface area (Å²) in [5.74, 6) is 0.499. The van der Waals surface area contributed by atoms with Gasteiger partial charge in [0.05, 0.1) is 12.2 Å². The number of carbonyl (C=O) groups excluding carboxylic acids is 1. The summed E-state index contributed by atoms with van der Waals surface area (Å²) in [6, 6.07) is 9.47. The molecule has 1 aromatic carbocycles. The van der Waals surface area contributed by atoms with Crippen LogP contribution < -0.4 is 5.32 Å². The van der Waals surface area contributed by atoms with Crippen LogP contribution in [0.4, 0.5) is 13.6 Å². The number of benzene rings is 1. The van der Waals surface area contributed by atoms with Crippen molar-refractivity contribution in [2.75, 3.05) is 26.2 Å². The van der Waals surface area contributed by atoms with E-state index in [0.29, 0.717) is 31.8 Å². The molecule has 4 aliphatic rings. The Bertz CT molecular complexity index is 722. The first-order valence-corrected chi connectivity index (χ1v) is 10.7. The number of alkyl halides is 2. The average Bonchev–Trinajstić information content (AvgIpc) is 3.49. The van der Waals surface area contributed by atoms with Gasteiger partial charge < -0.3 is 25.2 Å². The lowest BCUT2D eigenvalue weighted by Crippen LogP contribution is -2.33. The quantitative estimate of drug-likeness (QED) is 0.676. The summed E-state index contributed by atoms with van der Waals surface area (Å²) in [6.07, 6.45) is -3.23. The van der Waals surface area contributed by atoms with E-state index in [2.05, 4.69) is 5.32 Å². The van der Waals surface area contributed by atoms with Gasteiger partial charge in [-0.15, -0.1) is 0 Å². The monoisotopic (exact) mass is 424 g/mol. The predicted octanol–water partition coefficient (Wildman–Crippen LogP) is 1.90. The Morgan fingerprint density at radius 2 is 1.67 bits per heavy atom. The third-order valence-electron chi connectivity index (χ3n) is 7.02. The van der Waals surface area contributed by atoms with E-state index in [0.717, 1.165) is 18.7 Å². The minimum Gasteiger partial charge on any atom is -0.445 e. The number of carbonyl (C=O) groups is 1. The van der Waals surface area contributed by atoms with Crippen LogP contribution in [0.25, 0.3) is 0 Å². The van der Waals surface area contributed by atoms with Crippen molar-refractivity contribution in [3.8, 4) is 0 Å². The Labute approximate surface area is 175 Å². The van der Waals surface area contributed by atoms with Gasteiger partial charge in [0, 0.05) is 31.5 Å². The van der Waals surface area contributed by atoms with Crippen LogP contribution in [-0.2, 0) is 11.3 Å². The molecular formula is C22H30F2N2O4. The lowest BCUT2D eigenvalue weighted by molar-refractivity contribution is 0.0588. The molecule has 4 fully saturated rings. The largest absolute Gasteiger partial charge is 0.445 e. The van der Waals surface area contributed by atoms with E-state index in [1.807, 2.05) is 30.3 Å². The zero-order chi connectivity index (χ0) is 21.3. The van der Waals surface area contributed by atoms with Crippen LogP contribution in [0.5, 0.6) is 0 Å². The maximum absolute atomic E-state index is 13.4. The molecule has 2 aliphatic carbocycles. The molecule has 30 heavy (non-hydrogen) atoms. The van der Waals surface area contributed by atoms with E-state index < -0.39 is 24.6 Å². The number of hydrogen-bond acceptors (Lipinski definition) is 5. The first-order valence-electron chi connectivity index (χ1n) is 10.7. The van der Waals surface area contributed by atoms with Crippen LogP contribution in [0.15, 0.2) is 30.3 Å². The van der Waals surface area contributed by atoms with Crippen LogP contribution in [0.3, 0.4) is 0 Å². The molecule has 3 N–H and O–H groups in total.